The lowest BCUT2D eigenvalue weighted by Gasteiger charge is -2.42. The molecule has 1 aliphatic heterocycles. The Hall–Kier alpha value is -2.96. The monoisotopic (exact) mass is 405 g/mol. The van der Waals surface area contributed by atoms with E-state index in [1.807, 2.05) is 53.9 Å². The molecule has 1 aliphatic rings. The summed E-state index contributed by atoms with van der Waals surface area (Å²) in [6.07, 6.45) is 0. The molecule has 0 spiro atoms. The molecule has 0 saturated heterocycles. The van der Waals surface area contributed by atoms with Gasteiger partial charge in [0.1, 0.15) is 5.54 Å². The number of para-hydroxylation sites is 2. The minimum atomic E-state index is -0.974. The van der Waals surface area contributed by atoms with Crippen molar-refractivity contribution in [3.05, 3.63) is 82.6 Å². The van der Waals surface area contributed by atoms with Crippen molar-refractivity contribution in [1.82, 2.24) is 5.32 Å². The van der Waals surface area contributed by atoms with Gasteiger partial charge in [-0.3, -0.25) is 19.8 Å². The summed E-state index contributed by atoms with van der Waals surface area (Å²) in [7, 11) is 0. The molecule has 2 amide bonds. The van der Waals surface area contributed by atoms with Crippen molar-refractivity contribution in [2.75, 3.05) is 16.8 Å². The van der Waals surface area contributed by atoms with Gasteiger partial charge in [0.2, 0.25) is 11.8 Å². The lowest BCUT2D eigenvalue weighted by molar-refractivity contribution is -0.126. The highest BCUT2D eigenvalue weighted by molar-refractivity contribution is 7.10. The third-order valence-electron chi connectivity index (χ3n) is 5.18. The largest absolute Gasteiger partial charge is 0.322 e. The highest BCUT2D eigenvalue weighted by Gasteiger charge is 2.43. The fraction of sp³-hybridized carbons (Fsp3) is 0.217. The molecule has 29 heavy (non-hydrogen) atoms. The van der Waals surface area contributed by atoms with E-state index in [4.69, 9.17) is 0 Å². The van der Waals surface area contributed by atoms with Crippen molar-refractivity contribution in [2.45, 2.75) is 25.4 Å². The van der Waals surface area contributed by atoms with Crippen molar-refractivity contribution in [1.29, 1.82) is 0 Å². The van der Waals surface area contributed by atoms with Crippen molar-refractivity contribution in [3.8, 4) is 0 Å². The second-order valence-electron chi connectivity index (χ2n) is 7.50. The Morgan fingerprint density at radius 3 is 2.52 bits per heavy atom. The molecule has 2 heterocycles. The Bertz CT molecular complexity index is 1020. The van der Waals surface area contributed by atoms with Crippen molar-refractivity contribution < 1.29 is 9.59 Å². The second kappa shape index (κ2) is 7.81. The highest BCUT2D eigenvalue weighted by atomic mass is 32.1. The topological polar surface area (TPSA) is 61.4 Å². The predicted octanol–water partition coefficient (Wildman–Crippen LogP) is 4.19. The molecule has 0 aliphatic carbocycles. The maximum absolute atomic E-state index is 13.3. The SMILES string of the molecule is CC1(C)C(=O)Nc2ccccc2N1C(=O)CN[C@@H](c1ccccc1)c1cccs1. The molecule has 4 rings (SSSR count). The van der Waals surface area contributed by atoms with Crippen molar-refractivity contribution in [3.63, 3.8) is 0 Å². The number of carbonyl (C=O) groups is 2. The number of nitrogens with one attached hydrogen (secondary N) is 2. The molecule has 1 aromatic heterocycles. The summed E-state index contributed by atoms with van der Waals surface area (Å²) in [6, 6.07) is 21.5. The van der Waals surface area contributed by atoms with Crippen LogP contribution in [0.5, 0.6) is 0 Å². The van der Waals surface area contributed by atoms with Crippen LogP contribution in [-0.4, -0.2) is 23.9 Å². The van der Waals surface area contributed by atoms with Gasteiger partial charge in [-0.15, -0.1) is 11.3 Å². The number of carbonyl (C=O) groups excluding carboxylic acids is 2. The third kappa shape index (κ3) is 3.69. The Labute approximate surface area is 174 Å². The first-order valence-electron chi connectivity index (χ1n) is 9.54. The van der Waals surface area contributed by atoms with Gasteiger partial charge in [0.25, 0.3) is 0 Å². The number of thiophene rings is 1. The van der Waals surface area contributed by atoms with E-state index in [1.165, 1.54) is 0 Å². The first-order valence-corrected chi connectivity index (χ1v) is 10.4. The number of anilines is 2. The first-order chi connectivity index (χ1) is 14.0. The Morgan fingerprint density at radius 2 is 1.79 bits per heavy atom. The zero-order chi connectivity index (χ0) is 20.4. The second-order valence-corrected chi connectivity index (χ2v) is 8.48. The molecule has 5 nitrogen and oxygen atoms in total. The molecule has 1 atom stereocenters. The molecule has 0 fully saturated rings. The van der Waals surface area contributed by atoms with Gasteiger partial charge in [0.05, 0.1) is 24.0 Å². The summed E-state index contributed by atoms with van der Waals surface area (Å²) in [6.45, 7) is 3.65. The number of hydrogen-bond acceptors (Lipinski definition) is 4. The van der Waals surface area contributed by atoms with Crippen LogP contribution in [0.15, 0.2) is 72.1 Å². The van der Waals surface area contributed by atoms with Gasteiger partial charge in [-0.1, -0.05) is 48.5 Å². The van der Waals surface area contributed by atoms with Crippen LogP contribution >= 0.6 is 11.3 Å². The molecule has 0 unspecified atom stereocenters. The van der Waals surface area contributed by atoms with Crippen molar-refractivity contribution >= 4 is 34.5 Å². The summed E-state index contributed by atoms with van der Waals surface area (Å²) in [5.74, 6) is -0.336. The molecule has 2 N–H and O–H groups in total. The summed E-state index contributed by atoms with van der Waals surface area (Å²) < 4.78 is 0. The number of fused-ring (bicyclic) bond motifs is 1. The van der Waals surface area contributed by atoms with Crippen LogP contribution in [0.1, 0.15) is 30.3 Å². The maximum atomic E-state index is 13.3. The van der Waals surface area contributed by atoms with Crippen LogP contribution in [0.3, 0.4) is 0 Å². The van der Waals surface area contributed by atoms with Crippen LogP contribution in [0.2, 0.25) is 0 Å². The minimum Gasteiger partial charge on any atom is -0.322 e. The summed E-state index contributed by atoms with van der Waals surface area (Å²) >= 11 is 1.65. The van der Waals surface area contributed by atoms with Crippen LogP contribution in [0.25, 0.3) is 0 Å². The van der Waals surface area contributed by atoms with Crippen LogP contribution in [0, 0.1) is 0 Å². The summed E-state index contributed by atoms with van der Waals surface area (Å²) in [5, 5.41) is 8.33. The smallest absolute Gasteiger partial charge is 0.250 e. The van der Waals surface area contributed by atoms with E-state index in [0.29, 0.717) is 5.69 Å². The fourth-order valence-corrected chi connectivity index (χ4v) is 4.48. The number of rotatable bonds is 5. The number of hydrogen-bond donors (Lipinski definition) is 2. The van der Waals surface area contributed by atoms with Gasteiger partial charge in [-0.05, 0) is 43.0 Å². The van der Waals surface area contributed by atoms with E-state index in [0.717, 1.165) is 16.1 Å². The zero-order valence-electron chi connectivity index (χ0n) is 16.4. The van der Waals surface area contributed by atoms with E-state index in [9.17, 15) is 9.59 Å². The third-order valence-corrected chi connectivity index (χ3v) is 6.11. The average Bonchev–Trinajstić information content (AvgIpc) is 3.24. The highest BCUT2D eigenvalue weighted by Crippen LogP contribution is 2.36. The lowest BCUT2D eigenvalue weighted by Crippen LogP contribution is -2.60. The quantitative estimate of drug-likeness (QED) is 0.669. The molecule has 0 saturated carbocycles. The number of benzene rings is 2. The van der Waals surface area contributed by atoms with Gasteiger partial charge in [-0.25, -0.2) is 0 Å². The summed E-state index contributed by atoms with van der Waals surface area (Å²) in [5.41, 5.74) is 1.50. The molecule has 0 bridgehead atoms. The van der Waals surface area contributed by atoms with Gasteiger partial charge in [0.15, 0.2) is 0 Å². The zero-order valence-corrected chi connectivity index (χ0v) is 17.2. The van der Waals surface area contributed by atoms with E-state index in [-0.39, 0.29) is 24.4 Å². The van der Waals surface area contributed by atoms with E-state index >= 15 is 0 Å². The Kier molecular flexibility index (Phi) is 5.22. The van der Waals surface area contributed by atoms with E-state index in [2.05, 4.69) is 28.8 Å². The number of amides is 2. The standard InChI is InChI=1S/C23H23N3O2S/c1-23(2)22(28)25-17-11-6-7-12-18(17)26(23)20(27)15-24-21(19-13-8-14-29-19)16-9-4-3-5-10-16/h3-14,21,24H,15H2,1-2H3,(H,25,28)/t21-/m0/s1. The van der Waals surface area contributed by atoms with Crippen molar-refractivity contribution in [2.24, 2.45) is 0 Å². The molecular weight excluding hydrogens is 382 g/mol. The fourth-order valence-electron chi connectivity index (χ4n) is 3.65. The van der Waals surface area contributed by atoms with Crippen LogP contribution < -0.4 is 15.5 Å². The lowest BCUT2D eigenvalue weighted by atomic mass is 9.96. The molecule has 148 valence electrons. The Morgan fingerprint density at radius 1 is 1.07 bits per heavy atom. The molecule has 6 heteroatoms. The summed E-state index contributed by atoms with van der Waals surface area (Å²) in [4.78, 5) is 28.7. The predicted molar refractivity (Wildman–Crippen MR) is 117 cm³/mol. The molecule has 3 aromatic rings. The van der Waals surface area contributed by atoms with Gasteiger partial charge in [-0.2, -0.15) is 0 Å². The van der Waals surface area contributed by atoms with Crippen LogP contribution in [-0.2, 0) is 9.59 Å². The van der Waals surface area contributed by atoms with E-state index < -0.39 is 5.54 Å². The molecular formula is C23H23N3O2S. The van der Waals surface area contributed by atoms with Gasteiger partial charge < -0.3 is 5.32 Å². The average molecular weight is 406 g/mol. The molecule has 0 radical (unpaired) electrons. The van der Waals surface area contributed by atoms with Crippen LogP contribution in [0.4, 0.5) is 11.4 Å². The van der Waals surface area contributed by atoms with E-state index in [1.54, 1.807) is 30.1 Å². The number of nitrogens with zero attached hydrogens (tertiary/aromatic N) is 1. The van der Waals surface area contributed by atoms with Gasteiger partial charge in [0, 0.05) is 4.88 Å². The Balaban J connectivity index is 1.60. The minimum absolute atomic E-state index is 0.0860. The maximum Gasteiger partial charge on any atom is 0.250 e. The first kappa shape index (κ1) is 19.4. The molecule has 2 aromatic carbocycles. The normalized spacial score (nSPS) is 16.1. The van der Waals surface area contributed by atoms with Gasteiger partial charge >= 0.3 is 0 Å².